The molecule has 2 heterocycles. The number of ether oxygens (including phenoxy) is 1. The molecule has 0 radical (unpaired) electrons. The number of anilines is 1. The minimum atomic E-state index is -0.444. The summed E-state index contributed by atoms with van der Waals surface area (Å²) < 4.78 is 19.3. The van der Waals surface area contributed by atoms with E-state index in [0.29, 0.717) is 17.0 Å². The first kappa shape index (κ1) is 13.9. The first-order valence-corrected chi connectivity index (χ1v) is 7.28. The maximum atomic E-state index is 14.2. The van der Waals surface area contributed by atoms with Gasteiger partial charge in [-0.1, -0.05) is 17.7 Å². The molecule has 0 amide bonds. The number of rotatable bonds is 3. The molecule has 0 fully saturated rings. The lowest BCUT2D eigenvalue weighted by atomic mass is 10.0. The van der Waals surface area contributed by atoms with E-state index in [0.717, 1.165) is 4.88 Å². The van der Waals surface area contributed by atoms with E-state index in [-0.39, 0.29) is 16.4 Å². The van der Waals surface area contributed by atoms with Crippen LogP contribution in [0.5, 0.6) is 5.75 Å². The van der Waals surface area contributed by atoms with Gasteiger partial charge in [-0.05, 0) is 12.1 Å². The van der Waals surface area contributed by atoms with Gasteiger partial charge in [0.1, 0.15) is 11.6 Å². The normalized spacial score (nSPS) is 10.8. The SMILES string of the molecule is COc1csc(-c2[nH]nc(N)c2-c2c(F)cccc2Cl)c1. The predicted octanol–water partition coefficient (Wildman–Crippen LogP) is 4.19. The van der Waals surface area contributed by atoms with Gasteiger partial charge in [-0.25, -0.2) is 4.39 Å². The molecule has 0 spiro atoms. The molecule has 0 aliphatic heterocycles. The topological polar surface area (TPSA) is 63.9 Å². The van der Waals surface area contributed by atoms with Crippen LogP contribution >= 0.6 is 22.9 Å². The highest BCUT2D eigenvalue weighted by Crippen LogP contribution is 2.42. The Balaban J connectivity index is 2.22. The zero-order valence-corrected chi connectivity index (χ0v) is 12.6. The van der Waals surface area contributed by atoms with Crippen molar-refractivity contribution < 1.29 is 9.13 Å². The highest BCUT2D eigenvalue weighted by molar-refractivity contribution is 7.13. The Labute approximate surface area is 129 Å². The van der Waals surface area contributed by atoms with E-state index >= 15 is 0 Å². The molecule has 0 aliphatic rings. The monoisotopic (exact) mass is 323 g/mol. The van der Waals surface area contributed by atoms with Crippen molar-refractivity contribution in [2.75, 3.05) is 12.8 Å². The molecule has 3 aromatic rings. The molecule has 0 saturated heterocycles. The molecule has 108 valence electrons. The molecule has 0 aliphatic carbocycles. The van der Waals surface area contributed by atoms with E-state index in [1.54, 1.807) is 19.2 Å². The third-order valence-corrected chi connectivity index (χ3v) is 4.31. The van der Waals surface area contributed by atoms with Crippen LogP contribution in [0.3, 0.4) is 0 Å². The van der Waals surface area contributed by atoms with E-state index in [4.69, 9.17) is 22.1 Å². The molecule has 0 bridgehead atoms. The maximum Gasteiger partial charge on any atom is 0.153 e. The number of hydrogen-bond acceptors (Lipinski definition) is 4. The van der Waals surface area contributed by atoms with Crippen molar-refractivity contribution in [3.8, 4) is 27.4 Å². The lowest BCUT2D eigenvalue weighted by Crippen LogP contribution is -1.92. The Bertz CT molecular complexity index is 779. The van der Waals surface area contributed by atoms with Gasteiger partial charge in [0.05, 0.1) is 28.3 Å². The summed E-state index contributed by atoms with van der Waals surface area (Å²) >= 11 is 7.57. The van der Waals surface area contributed by atoms with Gasteiger partial charge in [-0.2, -0.15) is 5.10 Å². The van der Waals surface area contributed by atoms with Crippen molar-refractivity contribution in [1.29, 1.82) is 0 Å². The van der Waals surface area contributed by atoms with Crippen LogP contribution in [0.15, 0.2) is 29.6 Å². The number of hydrogen-bond donors (Lipinski definition) is 2. The fourth-order valence-corrected chi connectivity index (χ4v) is 3.20. The number of benzene rings is 1. The number of thiophene rings is 1. The average Bonchev–Trinajstić information content (AvgIpc) is 3.06. The van der Waals surface area contributed by atoms with Gasteiger partial charge in [0, 0.05) is 17.0 Å². The van der Waals surface area contributed by atoms with Crippen LogP contribution in [-0.2, 0) is 0 Å². The van der Waals surface area contributed by atoms with Gasteiger partial charge in [-0.15, -0.1) is 11.3 Å². The standard InChI is InChI=1S/C14H11ClFN3OS/c1-20-7-5-10(21-6-7)13-12(14(17)19-18-13)11-8(15)3-2-4-9(11)16/h2-6H,1H3,(H3,17,18,19). The van der Waals surface area contributed by atoms with E-state index in [1.807, 2.05) is 11.4 Å². The van der Waals surface area contributed by atoms with E-state index in [1.165, 1.54) is 17.4 Å². The van der Waals surface area contributed by atoms with Gasteiger partial charge in [-0.3, -0.25) is 5.10 Å². The molecule has 4 nitrogen and oxygen atoms in total. The summed E-state index contributed by atoms with van der Waals surface area (Å²) in [5, 5.41) is 8.95. The van der Waals surface area contributed by atoms with Gasteiger partial charge in [0.15, 0.2) is 5.82 Å². The van der Waals surface area contributed by atoms with Crippen molar-refractivity contribution in [1.82, 2.24) is 10.2 Å². The molecule has 2 aromatic heterocycles. The number of nitrogen functional groups attached to an aromatic ring is 1. The summed E-state index contributed by atoms with van der Waals surface area (Å²) in [6.07, 6.45) is 0. The van der Waals surface area contributed by atoms with E-state index in [2.05, 4.69) is 10.2 Å². The van der Waals surface area contributed by atoms with Crippen LogP contribution in [0, 0.1) is 5.82 Å². The third-order valence-electron chi connectivity index (χ3n) is 3.06. The van der Waals surface area contributed by atoms with Crippen LogP contribution in [-0.4, -0.2) is 17.3 Å². The first-order chi connectivity index (χ1) is 10.1. The Kier molecular flexibility index (Phi) is 3.57. The lowest BCUT2D eigenvalue weighted by molar-refractivity contribution is 0.417. The molecule has 0 unspecified atom stereocenters. The van der Waals surface area contributed by atoms with E-state index in [9.17, 15) is 4.39 Å². The third kappa shape index (κ3) is 2.36. The second kappa shape index (κ2) is 5.38. The summed E-state index contributed by atoms with van der Waals surface area (Å²) in [7, 11) is 1.59. The maximum absolute atomic E-state index is 14.2. The zero-order chi connectivity index (χ0) is 15.0. The number of aromatic amines is 1. The van der Waals surface area contributed by atoms with Crippen LogP contribution in [0.25, 0.3) is 21.7 Å². The Hall–Kier alpha value is -2.05. The second-order valence-corrected chi connectivity index (χ2v) is 5.62. The number of nitrogens with two attached hydrogens (primary N) is 1. The highest BCUT2D eigenvalue weighted by atomic mass is 35.5. The van der Waals surface area contributed by atoms with Crippen LogP contribution in [0.2, 0.25) is 5.02 Å². The quantitative estimate of drug-likeness (QED) is 0.759. The van der Waals surface area contributed by atoms with Gasteiger partial charge in [0.2, 0.25) is 0 Å². The second-order valence-electron chi connectivity index (χ2n) is 4.31. The van der Waals surface area contributed by atoms with Crippen molar-refractivity contribution in [3.05, 3.63) is 40.5 Å². The fourth-order valence-electron chi connectivity index (χ4n) is 2.08. The number of H-pyrrole nitrogens is 1. The molecule has 0 atom stereocenters. The molecule has 3 N–H and O–H groups in total. The molecule has 0 saturated carbocycles. The number of halogens is 2. The summed E-state index contributed by atoms with van der Waals surface area (Å²) in [4.78, 5) is 0.838. The molecular weight excluding hydrogens is 313 g/mol. The van der Waals surface area contributed by atoms with Crippen LogP contribution in [0.1, 0.15) is 0 Å². The minimum absolute atomic E-state index is 0.198. The number of nitrogens with zero attached hydrogens (tertiary/aromatic N) is 1. The van der Waals surface area contributed by atoms with Crippen LogP contribution in [0.4, 0.5) is 10.2 Å². The Morgan fingerprint density at radius 1 is 1.38 bits per heavy atom. The summed E-state index contributed by atoms with van der Waals surface area (Å²) in [5.74, 6) is 0.471. The lowest BCUT2D eigenvalue weighted by Gasteiger charge is -2.06. The number of aromatic nitrogens is 2. The summed E-state index contributed by atoms with van der Waals surface area (Å²) in [6.45, 7) is 0. The fraction of sp³-hybridized carbons (Fsp3) is 0.0714. The van der Waals surface area contributed by atoms with Crippen molar-refractivity contribution in [2.24, 2.45) is 0 Å². The van der Waals surface area contributed by atoms with Crippen molar-refractivity contribution in [3.63, 3.8) is 0 Å². The largest absolute Gasteiger partial charge is 0.496 e. The molecule has 3 rings (SSSR count). The average molecular weight is 324 g/mol. The van der Waals surface area contributed by atoms with Gasteiger partial charge < -0.3 is 10.5 Å². The van der Waals surface area contributed by atoms with Gasteiger partial charge >= 0.3 is 0 Å². The summed E-state index contributed by atoms with van der Waals surface area (Å²) in [5.41, 5.74) is 7.22. The Morgan fingerprint density at radius 3 is 2.86 bits per heavy atom. The molecule has 7 heteroatoms. The van der Waals surface area contributed by atoms with Crippen molar-refractivity contribution >= 4 is 28.8 Å². The van der Waals surface area contributed by atoms with Crippen molar-refractivity contribution in [2.45, 2.75) is 0 Å². The first-order valence-electron chi connectivity index (χ1n) is 6.03. The highest BCUT2D eigenvalue weighted by Gasteiger charge is 2.21. The summed E-state index contributed by atoms with van der Waals surface area (Å²) in [6, 6.07) is 6.33. The number of nitrogens with one attached hydrogen (secondary N) is 1. The van der Waals surface area contributed by atoms with Gasteiger partial charge in [0.25, 0.3) is 0 Å². The predicted molar refractivity (Wildman–Crippen MR) is 83.3 cm³/mol. The molecular formula is C14H11ClFN3OS. The Morgan fingerprint density at radius 2 is 2.19 bits per heavy atom. The minimum Gasteiger partial charge on any atom is -0.496 e. The zero-order valence-electron chi connectivity index (χ0n) is 11.0. The smallest absolute Gasteiger partial charge is 0.153 e. The van der Waals surface area contributed by atoms with Crippen LogP contribution < -0.4 is 10.5 Å². The van der Waals surface area contributed by atoms with E-state index < -0.39 is 5.82 Å². The molecule has 1 aromatic carbocycles. The number of methoxy groups -OCH3 is 1. The molecule has 21 heavy (non-hydrogen) atoms.